The summed E-state index contributed by atoms with van der Waals surface area (Å²) in [6.45, 7) is 8.57. The van der Waals surface area contributed by atoms with Gasteiger partial charge in [-0.15, -0.1) is 0 Å². The summed E-state index contributed by atoms with van der Waals surface area (Å²) in [5.74, 6) is 0. The molecule has 2 atom stereocenters. The van der Waals surface area contributed by atoms with Crippen LogP contribution < -0.4 is 5.32 Å². The molecule has 0 aliphatic carbocycles. The Labute approximate surface area is 94.2 Å². The number of hydrogen-bond donors (Lipinski definition) is 1. The Hall–Kier alpha value is -0.120. The zero-order chi connectivity index (χ0) is 11.1. The van der Waals surface area contributed by atoms with Gasteiger partial charge in [0.2, 0.25) is 0 Å². The van der Waals surface area contributed by atoms with E-state index in [4.69, 9.17) is 4.74 Å². The molecule has 0 saturated carbocycles. The van der Waals surface area contributed by atoms with Gasteiger partial charge < -0.3 is 10.1 Å². The summed E-state index contributed by atoms with van der Waals surface area (Å²) < 4.78 is 5.44. The summed E-state index contributed by atoms with van der Waals surface area (Å²) in [6, 6.07) is 1.29. The van der Waals surface area contributed by atoms with Gasteiger partial charge in [-0.25, -0.2) is 0 Å². The quantitative estimate of drug-likeness (QED) is 0.650. The van der Waals surface area contributed by atoms with Crippen molar-refractivity contribution in [2.45, 2.75) is 45.2 Å². The van der Waals surface area contributed by atoms with Crippen LogP contribution in [0.1, 0.15) is 33.1 Å². The van der Waals surface area contributed by atoms with Gasteiger partial charge in [-0.1, -0.05) is 13.8 Å². The van der Waals surface area contributed by atoms with Gasteiger partial charge in [0.05, 0.1) is 6.61 Å². The average molecular weight is 214 g/mol. The zero-order valence-corrected chi connectivity index (χ0v) is 10.5. The molecule has 3 nitrogen and oxygen atoms in total. The monoisotopic (exact) mass is 214 g/mol. The number of ether oxygens (including phenoxy) is 1. The Bertz CT molecular complexity index is 158. The van der Waals surface area contributed by atoms with Crippen LogP contribution in [0.25, 0.3) is 0 Å². The van der Waals surface area contributed by atoms with E-state index in [-0.39, 0.29) is 0 Å². The highest BCUT2D eigenvalue weighted by Gasteiger charge is 2.24. The van der Waals surface area contributed by atoms with Crippen molar-refractivity contribution >= 4 is 0 Å². The van der Waals surface area contributed by atoms with Gasteiger partial charge in [0.15, 0.2) is 0 Å². The number of hydrogen-bond acceptors (Lipinski definition) is 3. The van der Waals surface area contributed by atoms with E-state index in [0.29, 0.717) is 12.1 Å². The van der Waals surface area contributed by atoms with Gasteiger partial charge in [0.25, 0.3) is 0 Å². The lowest BCUT2D eigenvalue weighted by Crippen LogP contribution is -2.45. The van der Waals surface area contributed by atoms with Crippen molar-refractivity contribution in [3.05, 3.63) is 0 Å². The summed E-state index contributed by atoms with van der Waals surface area (Å²) in [6.07, 6.45) is 3.62. The number of nitrogens with zero attached hydrogens (tertiary/aromatic N) is 1. The van der Waals surface area contributed by atoms with Crippen molar-refractivity contribution < 1.29 is 4.74 Å². The van der Waals surface area contributed by atoms with Gasteiger partial charge in [-0.2, -0.15) is 0 Å². The maximum atomic E-state index is 5.44. The van der Waals surface area contributed by atoms with E-state index in [1.54, 1.807) is 0 Å². The third-order valence-electron chi connectivity index (χ3n) is 3.34. The van der Waals surface area contributed by atoms with Crippen LogP contribution in [0, 0.1) is 0 Å². The lowest BCUT2D eigenvalue weighted by Gasteiger charge is -2.31. The molecule has 0 bridgehead atoms. The normalized spacial score (nSPS) is 23.6. The minimum absolute atomic E-state index is 0.637. The molecule has 0 spiro atoms. The molecule has 1 heterocycles. The van der Waals surface area contributed by atoms with Crippen molar-refractivity contribution in [1.82, 2.24) is 10.2 Å². The second-order valence-electron chi connectivity index (χ2n) is 4.45. The minimum Gasteiger partial charge on any atom is -0.380 e. The zero-order valence-electron chi connectivity index (χ0n) is 10.5. The van der Waals surface area contributed by atoms with Crippen LogP contribution in [0.4, 0.5) is 0 Å². The number of likely N-dealkylation sites (N-methyl/N-ethyl adjacent to an activating group) is 1. The molecule has 0 amide bonds. The van der Waals surface area contributed by atoms with Crippen molar-refractivity contribution in [3.8, 4) is 0 Å². The Morgan fingerprint density at radius 1 is 1.47 bits per heavy atom. The fourth-order valence-electron chi connectivity index (χ4n) is 2.16. The summed E-state index contributed by atoms with van der Waals surface area (Å²) >= 11 is 0. The molecule has 1 aliphatic rings. The Kier molecular flexibility index (Phi) is 6.22. The van der Waals surface area contributed by atoms with Crippen LogP contribution in [0.2, 0.25) is 0 Å². The molecular formula is C12H26N2O. The lowest BCUT2D eigenvalue weighted by atomic mass is 10.1. The molecule has 1 rings (SSSR count). The highest BCUT2D eigenvalue weighted by Crippen LogP contribution is 2.14. The van der Waals surface area contributed by atoms with E-state index < -0.39 is 0 Å². The Balaban J connectivity index is 2.28. The molecule has 1 fully saturated rings. The molecule has 1 aliphatic heterocycles. The predicted octanol–water partition coefficient (Wildman–Crippen LogP) is 1.49. The van der Waals surface area contributed by atoms with E-state index in [1.807, 2.05) is 0 Å². The SMILES string of the molecule is CCCNCC(CC)N(C)C1CCOC1. The van der Waals surface area contributed by atoms with Gasteiger partial charge in [0, 0.05) is 25.2 Å². The lowest BCUT2D eigenvalue weighted by molar-refractivity contribution is 0.129. The molecule has 15 heavy (non-hydrogen) atoms. The van der Waals surface area contributed by atoms with Crippen LogP contribution in [-0.2, 0) is 4.74 Å². The fourth-order valence-corrected chi connectivity index (χ4v) is 2.16. The van der Waals surface area contributed by atoms with E-state index in [1.165, 1.54) is 19.3 Å². The van der Waals surface area contributed by atoms with Crippen LogP contribution >= 0.6 is 0 Å². The van der Waals surface area contributed by atoms with Crippen molar-refractivity contribution in [3.63, 3.8) is 0 Å². The molecule has 0 aromatic rings. The molecule has 0 radical (unpaired) electrons. The summed E-state index contributed by atoms with van der Waals surface area (Å²) in [5, 5.41) is 3.51. The second-order valence-corrected chi connectivity index (χ2v) is 4.45. The van der Waals surface area contributed by atoms with Crippen molar-refractivity contribution in [1.29, 1.82) is 0 Å². The Morgan fingerprint density at radius 2 is 2.27 bits per heavy atom. The second kappa shape index (κ2) is 7.20. The van der Waals surface area contributed by atoms with Crippen LogP contribution in [-0.4, -0.2) is 50.3 Å². The van der Waals surface area contributed by atoms with Crippen LogP contribution in [0.3, 0.4) is 0 Å². The standard InChI is InChI=1S/C12H26N2O/c1-4-7-13-9-11(5-2)14(3)12-6-8-15-10-12/h11-13H,4-10H2,1-3H3. The van der Waals surface area contributed by atoms with Gasteiger partial charge in [0.1, 0.15) is 0 Å². The third kappa shape index (κ3) is 4.09. The predicted molar refractivity (Wildman–Crippen MR) is 64.2 cm³/mol. The molecule has 0 aromatic heterocycles. The van der Waals surface area contributed by atoms with Gasteiger partial charge in [-0.3, -0.25) is 4.90 Å². The number of nitrogens with one attached hydrogen (secondary N) is 1. The highest BCUT2D eigenvalue weighted by atomic mass is 16.5. The molecule has 2 unspecified atom stereocenters. The average Bonchev–Trinajstić information content (AvgIpc) is 2.77. The number of rotatable bonds is 7. The first-order valence-corrected chi connectivity index (χ1v) is 6.30. The van der Waals surface area contributed by atoms with Crippen molar-refractivity contribution in [2.75, 3.05) is 33.4 Å². The summed E-state index contributed by atoms with van der Waals surface area (Å²) in [5.41, 5.74) is 0. The Morgan fingerprint density at radius 3 is 2.80 bits per heavy atom. The van der Waals surface area contributed by atoms with Crippen LogP contribution in [0.5, 0.6) is 0 Å². The largest absolute Gasteiger partial charge is 0.380 e. The topological polar surface area (TPSA) is 24.5 Å². The van der Waals surface area contributed by atoms with E-state index in [2.05, 4.69) is 31.1 Å². The van der Waals surface area contributed by atoms with E-state index >= 15 is 0 Å². The third-order valence-corrected chi connectivity index (χ3v) is 3.34. The van der Waals surface area contributed by atoms with Gasteiger partial charge >= 0.3 is 0 Å². The van der Waals surface area contributed by atoms with Crippen molar-refractivity contribution in [2.24, 2.45) is 0 Å². The minimum atomic E-state index is 0.637. The van der Waals surface area contributed by atoms with Crippen LogP contribution in [0.15, 0.2) is 0 Å². The maximum Gasteiger partial charge on any atom is 0.0622 e. The fraction of sp³-hybridized carbons (Fsp3) is 1.00. The molecular weight excluding hydrogens is 188 g/mol. The van der Waals surface area contributed by atoms with Gasteiger partial charge in [-0.05, 0) is 32.9 Å². The molecule has 3 heteroatoms. The maximum absolute atomic E-state index is 5.44. The molecule has 90 valence electrons. The summed E-state index contributed by atoms with van der Waals surface area (Å²) in [4.78, 5) is 2.50. The first-order chi connectivity index (χ1) is 7.29. The first kappa shape index (κ1) is 12.9. The first-order valence-electron chi connectivity index (χ1n) is 6.30. The molecule has 1 saturated heterocycles. The van der Waals surface area contributed by atoms with E-state index in [0.717, 1.165) is 26.3 Å². The smallest absolute Gasteiger partial charge is 0.0622 e. The molecule has 1 N–H and O–H groups in total. The van der Waals surface area contributed by atoms with E-state index in [9.17, 15) is 0 Å². The summed E-state index contributed by atoms with van der Waals surface area (Å²) in [7, 11) is 2.24. The highest BCUT2D eigenvalue weighted by molar-refractivity contribution is 4.79. The molecule has 0 aromatic carbocycles.